The second-order valence-electron chi connectivity index (χ2n) is 15.2. The van der Waals surface area contributed by atoms with Crippen LogP contribution in [0, 0.1) is 47.3 Å². The number of rotatable bonds is 2. The minimum atomic E-state index is -4.46. The summed E-state index contributed by atoms with van der Waals surface area (Å²) >= 11 is 0. The molecule has 4 saturated heterocycles. The Morgan fingerprint density at radius 3 is 1.78 bits per heavy atom. The van der Waals surface area contributed by atoms with E-state index in [0.29, 0.717) is 38.0 Å². The Hall–Kier alpha value is -1.06. The number of carbonyl (C=O) groups excluding carboxylic acids is 1. The highest BCUT2D eigenvalue weighted by Crippen LogP contribution is 2.57. The predicted octanol–water partition coefficient (Wildman–Crippen LogP) is 4.21. The molecule has 0 amide bonds. The summed E-state index contributed by atoms with van der Waals surface area (Å²) < 4.78 is 64.7. The van der Waals surface area contributed by atoms with Crippen molar-refractivity contribution in [3.8, 4) is 0 Å². The standard InChI is InChI=1S/C17H27F3O5.C15H24O5/c1-9-4-5-12-10(2)13(23-8-16(18,19)20)24-14-17(12,22)11(9)6-7-15(3,21)25-14;1-8-4-5-11-9(2)12(16)19-13-15(11,18)10(8)6-7-14(3,17)20-13/h9-14,21-22H,4-8H2,1-3H3;8-11,13,17-18H,4-7H2,1-3H3/t9-,10-,11?,12?,13?,14-,15-,17-;8-,9-,10?,11?,13-,14-,15-/m11/s1. The highest BCUT2D eigenvalue weighted by Gasteiger charge is 2.65. The summed E-state index contributed by atoms with van der Waals surface area (Å²) in [6.45, 7) is 9.37. The van der Waals surface area contributed by atoms with Gasteiger partial charge in [-0.05, 0) is 76.0 Å². The van der Waals surface area contributed by atoms with E-state index in [1.54, 1.807) is 13.8 Å². The second kappa shape index (κ2) is 12.1. The highest BCUT2D eigenvalue weighted by molar-refractivity contribution is 5.74. The number of ether oxygens (including phenoxy) is 5. The fourth-order valence-electron chi connectivity index (χ4n) is 9.33. The highest BCUT2D eigenvalue weighted by atomic mass is 19.4. The average molecular weight is 653 g/mol. The molecule has 4 aliphatic heterocycles. The molecule has 45 heavy (non-hydrogen) atoms. The number of halogens is 3. The zero-order chi connectivity index (χ0) is 33.3. The Morgan fingerprint density at radius 1 is 0.756 bits per heavy atom. The molecule has 0 aromatic rings. The largest absolute Gasteiger partial charge is 0.432 e. The normalized spacial score (nSPS) is 53.0. The van der Waals surface area contributed by atoms with Crippen molar-refractivity contribution in [2.45, 2.75) is 141 Å². The number of alkyl halides is 3. The third kappa shape index (κ3) is 6.54. The monoisotopic (exact) mass is 652 g/mol. The van der Waals surface area contributed by atoms with Crippen LogP contribution in [-0.4, -0.2) is 80.8 Å². The lowest BCUT2D eigenvalue weighted by molar-refractivity contribution is -0.412. The van der Waals surface area contributed by atoms with Gasteiger partial charge in [-0.3, -0.25) is 4.79 Å². The van der Waals surface area contributed by atoms with Crippen LogP contribution < -0.4 is 0 Å². The molecule has 0 aromatic heterocycles. The van der Waals surface area contributed by atoms with Crippen LogP contribution in [0.15, 0.2) is 0 Å². The number of hydrogen-bond acceptors (Lipinski definition) is 10. The van der Waals surface area contributed by atoms with Crippen LogP contribution in [0.5, 0.6) is 0 Å². The van der Waals surface area contributed by atoms with E-state index in [9.17, 15) is 38.4 Å². The van der Waals surface area contributed by atoms with E-state index < -0.39 is 60.3 Å². The second-order valence-corrected chi connectivity index (χ2v) is 15.2. The number of esters is 1. The Balaban J connectivity index is 0.000000182. The molecule has 0 radical (unpaired) electrons. The fraction of sp³-hybridized carbons (Fsp3) is 0.969. The summed E-state index contributed by atoms with van der Waals surface area (Å²) in [5.74, 6) is -3.99. The minimum Gasteiger partial charge on any atom is -0.432 e. The lowest BCUT2D eigenvalue weighted by Gasteiger charge is -2.57. The van der Waals surface area contributed by atoms with Gasteiger partial charge in [-0.15, -0.1) is 0 Å². The molecule has 4 heterocycles. The number of carbonyl (C=O) groups is 1. The predicted molar refractivity (Wildman–Crippen MR) is 151 cm³/mol. The molecule has 13 heteroatoms. The van der Waals surface area contributed by atoms with Gasteiger partial charge < -0.3 is 44.1 Å². The first-order valence-electron chi connectivity index (χ1n) is 16.5. The topological polar surface area (TPSA) is 144 Å². The van der Waals surface area contributed by atoms with Gasteiger partial charge in [-0.2, -0.15) is 13.2 Å². The molecule has 0 aromatic carbocycles. The van der Waals surface area contributed by atoms with Crippen LogP contribution in [0.1, 0.15) is 92.9 Å². The van der Waals surface area contributed by atoms with Crippen molar-refractivity contribution in [1.29, 1.82) is 0 Å². The van der Waals surface area contributed by atoms with Gasteiger partial charge in [0, 0.05) is 30.6 Å². The third-order valence-corrected chi connectivity index (χ3v) is 11.9. The van der Waals surface area contributed by atoms with Crippen molar-refractivity contribution in [2.24, 2.45) is 47.3 Å². The average Bonchev–Trinajstić information content (AvgIpc) is 3.09. The molecule has 0 spiro atoms. The Labute approximate surface area is 262 Å². The Bertz CT molecular complexity index is 1090. The van der Waals surface area contributed by atoms with Gasteiger partial charge in [0.25, 0.3) is 0 Å². The van der Waals surface area contributed by atoms with Crippen molar-refractivity contribution in [3.05, 3.63) is 0 Å². The lowest BCUT2D eigenvalue weighted by atomic mass is 9.58. The molecular weight excluding hydrogens is 601 g/mol. The van der Waals surface area contributed by atoms with Crippen molar-refractivity contribution < 1.29 is 62.1 Å². The van der Waals surface area contributed by atoms with Crippen molar-refractivity contribution in [2.75, 3.05) is 6.61 Å². The molecule has 260 valence electrons. The van der Waals surface area contributed by atoms with E-state index in [1.807, 2.05) is 13.8 Å². The molecule has 2 aliphatic carbocycles. The van der Waals surface area contributed by atoms with E-state index in [1.165, 1.54) is 6.92 Å². The summed E-state index contributed by atoms with van der Waals surface area (Å²) in [6, 6.07) is 0. The van der Waals surface area contributed by atoms with Gasteiger partial charge in [0.05, 0.1) is 5.92 Å². The van der Waals surface area contributed by atoms with Gasteiger partial charge in [-0.1, -0.05) is 27.7 Å². The summed E-state index contributed by atoms with van der Waals surface area (Å²) in [6.07, 6.45) is -2.52. The SMILES string of the molecule is C[C@@H]1CCC2[C@@H](C)C(=O)O[C@@H]3O[C@@](C)(O)CCC1[C@@]23O.C[C@H]1C(OCC(F)(F)F)O[C@@H]2O[C@@](C)(O)CCC3[C@H](C)CCC1[C@]32O. The summed E-state index contributed by atoms with van der Waals surface area (Å²) in [5.41, 5.74) is -2.51. The number of aliphatic hydroxyl groups is 4. The van der Waals surface area contributed by atoms with Crippen LogP contribution in [0.4, 0.5) is 13.2 Å². The summed E-state index contributed by atoms with van der Waals surface area (Å²) in [7, 11) is 0. The number of hydrogen-bond donors (Lipinski definition) is 4. The molecule has 6 rings (SSSR count). The molecule has 2 saturated carbocycles. The van der Waals surface area contributed by atoms with Crippen molar-refractivity contribution in [3.63, 3.8) is 0 Å². The fourth-order valence-corrected chi connectivity index (χ4v) is 9.33. The Kier molecular flexibility index (Phi) is 9.50. The molecule has 15 atom stereocenters. The zero-order valence-electron chi connectivity index (χ0n) is 27.1. The summed E-state index contributed by atoms with van der Waals surface area (Å²) in [4.78, 5) is 12.0. The quantitative estimate of drug-likeness (QED) is 0.320. The molecule has 6 fully saturated rings. The molecule has 6 aliphatic rings. The maximum Gasteiger partial charge on any atom is 0.411 e. The molecular formula is C32H51F3O10. The third-order valence-electron chi connectivity index (χ3n) is 11.9. The van der Waals surface area contributed by atoms with Gasteiger partial charge in [-0.25, -0.2) is 0 Å². The first-order chi connectivity index (χ1) is 20.7. The molecule has 5 unspecified atom stereocenters. The first-order valence-corrected chi connectivity index (χ1v) is 16.5. The van der Waals surface area contributed by atoms with Gasteiger partial charge in [0.1, 0.15) is 17.8 Å². The van der Waals surface area contributed by atoms with Crippen LogP contribution >= 0.6 is 0 Å². The van der Waals surface area contributed by atoms with Crippen LogP contribution in [0.3, 0.4) is 0 Å². The molecule has 4 N–H and O–H groups in total. The van der Waals surface area contributed by atoms with Gasteiger partial charge in [0.15, 0.2) is 24.2 Å². The van der Waals surface area contributed by atoms with Crippen LogP contribution in [-0.2, 0) is 28.5 Å². The minimum absolute atomic E-state index is 0.00391. The maximum absolute atomic E-state index is 12.5. The molecule has 0 bridgehead atoms. The van der Waals surface area contributed by atoms with Gasteiger partial charge >= 0.3 is 12.1 Å². The summed E-state index contributed by atoms with van der Waals surface area (Å²) in [5, 5.41) is 43.5. The van der Waals surface area contributed by atoms with Crippen molar-refractivity contribution in [1.82, 2.24) is 0 Å². The maximum atomic E-state index is 12.5. The van der Waals surface area contributed by atoms with E-state index in [4.69, 9.17) is 23.7 Å². The zero-order valence-corrected chi connectivity index (χ0v) is 27.1. The van der Waals surface area contributed by atoms with Gasteiger partial charge in [0.2, 0.25) is 6.29 Å². The molecule has 10 nitrogen and oxygen atoms in total. The van der Waals surface area contributed by atoms with E-state index in [-0.39, 0.29) is 41.5 Å². The smallest absolute Gasteiger partial charge is 0.411 e. The lowest BCUT2D eigenvalue weighted by Crippen LogP contribution is -2.67. The van der Waals surface area contributed by atoms with E-state index in [2.05, 4.69) is 6.92 Å². The van der Waals surface area contributed by atoms with Crippen molar-refractivity contribution >= 4 is 5.97 Å². The van der Waals surface area contributed by atoms with E-state index >= 15 is 0 Å². The van der Waals surface area contributed by atoms with E-state index in [0.717, 1.165) is 19.3 Å². The van der Waals surface area contributed by atoms with Crippen LogP contribution in [0.25, 0.3) is 0 Å². The first kappa shape index (κ1) is 35.3. The Morgan fingerprint density at radius 2 is 1.24 bits per heavy atom. The van der Waals surface area contributed by atoms with Crippen LogP contribution in [0.2, 0.25) is 0 Å².